The van der Waals surface area contributed by atoms with Crippen LogP contribution >= 0.6 is 0 Å². The van der Waals surface area contributed by atoms with Crippen LogP contribution in [0, 0.1) is 0 Å². The third-order valence-corrected chi connectivity index (χ3v) is 7.76. The summed E-state index contributed by atoms with van der Waals surface area (Å²) in [6.07, 6.45) is 51.4. The molecule has 0 aromatic rings. The average molecular weight is 749 g/mol. The molecule has 0 saturated heterocycles. The third-order valence-electron chi connectivity index (χ3n) is 7.76. The molecule has 0 saturated carbocycles. The van der Waals surface area contributed by atoms with E-state index in [0.29, 0.717) is 25.7 Å². The molecule has 0 aromatic heterocycles. The number of carbonyl (C=O) groups is 4. The van der Waals surface area contributed by atoms with Crippen LogP contribution in [0.2, 0.25) is 0 Å². The molecule has 0 bridgehead atoms. The van der Waals surface area contributed by atoms with Crippen LogP contribution in [0.1, 0.15) is 123 Å². The fourth-order valence-corrected chi connectivity index (χ4v) is 4.79. The number of hydrogen-bond donors (Lipinski definition) is 4. The lowest BCUT2D eigenvalue weighted by Gasteiger charge is -2.14. The van der Waals surface area contributed by atoms with Gasteiger partial charge >= 0.3 is 11.9 Å². The summed E-state index contributed by atoms with van der Waals surface area (Å²) in [5.41, 5.74) is 0. The summed E-state index contributed by atoms with van der Waals surface area (Å²) in [4.78, 5) is 47.4. The number of carboxylic acid groups (broad SMARTS) is 1. The summed E-state index contributed by atoms with van der Waals surface area (Å²) in [5.74, 6) is -2.56. The van der Waals surface area contributed by atoms with E-state index in [1.54, 1.807) is 0 Å². The SMILES string of the molecule is CC/C=C\C/C=C\C/C=C\C/C=C\C/C=C\C/C=C\CCC(=O)OC(/C=C\C/C=C\C/C=C\CC)CCCCCCC(=O)NCC(=O)NC(CO)C(=O)O. The predicted molar refractivity (Wildman–Crippen MR) is 222 cm³/mol. The number of unbranched alkanes of at least 4 members (excludes halogenated alkanes) is 3. The molecule has 0 aliphatic carbocycles. The lowest BCUT2D eigenvalue weighted by Crippen LogP contribution is -2.47. The number of aliphatic carboxylic acids is 1. The van der Waals surface area contributed by atoms with Gasteiger partial charge in [0.25, 0.3) is 0 Å². The molecule has 9 heteroatoms. The average Bonchev–Trinajstić information content (AvgIpc) is 3.15. The van der Waals surface area contributed by atoms with Gasteiger partial charge in [0.1, 0.15) is 12.1 Å². The van der Waals surface area contributed by atoms with Gasteiger partial charge in [-0.3, -0.25) is 14.4 Å². The number of aliphatic hydroxyl groups is 1. The van der Waals surface area contributed by atoms with Crippen molar-refractivity contribution in [3.05, 3.63) is 109 Å². The molecule has 2 amide bonds. The first-order valence-corrected chi connectivity index (χ1v) is 19.8. The molecule has 9 nitrogen and oxygen atoms in total. The van der Waals surface area contributed by atoms with Crippen LogP contribution in [0.25, 0.3) is 0 Å². The van der Waals surface area contributed by atoms with Gasteiger partial charge < -0.3 is 25.6 Å². The zero-order valence-corrected chi connectivity index (χ0v) is 32.9. The van der Waals surface area contributed by atoms with Crippen LogP contribution < -0.4 is 10.6 Å². The number of amides is 2. The second kappa shape index (κ2) is 38.2. The molecule has 0 fully saturated rings. The molecule has 0 radical (unpaired) electrons. The van der Waals surface area contributed by atoms with Crippen molar-refractivity contribution in [3.63, 3.8) is 0 Å². The van der Waals surface area contributed by atoms with Crippen LogP contribution in [-0.2, 0) is 23.9 Å². The van der Waals surface area contributed by atoms with Crippen molar-refractivity contribution in [1.82, 2.24) is 10.6 Å². The van der Waals surface area contributed by atoms with Crippen molar-refractivity contribution in [1.29, 1.82) is 0 Å². The Labute approximate surface area is 325 Å². The van der Waals surface area contributed by atoms with E-state index in [1.165, 1.54) is 0 Å². The number of ether oxygens (including phenoxy) is 1. The van der Waals surface area contributed by atoms with E-state index in [1.807, 2.05) is 18.2 Å². The van der Waals surface area contributed by atoms with Crippen LogP contribution in [0.15, 0.2) is 109 Å². The standard InChI is InChI=1S/C45H68N2O7/c1-3-5-7-9-11-13-14-15-16-17-18-19-20-21-22-23-25-27-33-37-44(51)54-40(34-30-26-24-12-10-8-6-4-2)35-31-28-29-32-36-42(49)46-38-43(50)47-41(39-48)45(52)53/h5-8,11-13,15-16,18-19,21-22,24-25,27,30,34,40-41,48H,3-4,9-10,14,17,20,23,26,28-29,31-33,35-39H2,1-2H3,(H,46,49)(H,47,50)(H,52,53)/b7-5-,8-6-,13-11-,16-15-,19-18-,22-21-,24-12-,27-25-,34-30-. The summed E-state index contributed by atoms with van der Waals surface area (Å²) in [6, 6.07) is -1.40. The zero-order chi connectivity index (χ0) is 39.7. The maximum absolute atomic E-state index is 12.6. The van der Waals surface area contributed by atoms with E-state index in [9.17, 15) is 19.2 Å². The van der Waals surface area contributed by atoms with Crippen molar-refractivity contribution in [2.24, 2.45) is 0 Å². The van der Waals surface area contributed by atoms with E-state index >= 15 is 0 Å². The highest BCUT2D eigenvalue weighted by Crippen LogP contribution is 2.13. The molecule has 0 rings (SSSR count). The third kappa shape index (κ3) is 34.6. The van der Waals surface area contributed by atoms with Gasteiger partial charge in [0.05, 0.1) is 13.2 Å². The fraction of sp³-hybridized carbons (Fsp3) is 0.511. The molecule has 0 aromatic carbocycles. The Morgan fingerprint density at radius 1 is 0.574 bits per heavy atom. The first kappa shape index (κ1) is 49.5. The number of aliphatic hydroxyl groups excluding tert-OH is 1. The normalized spacial score (nSPS) is 13.7. The minimum absolute atomic E-state index is 0.223. The van der Waals surface area contributed by atoms with Crippen molar-refractivity contribution >= 4 is 23.8 Å². The summed E-state index contributed by atoms with van der Waals surface area (Å²) in [7, 11) is 0. The molecule has 0 heterocycles. The highest BCUT2D eigenvalue weighted by Gasteiger charge is 2.18. The number of esters is 1. The highest BCUT2D eigenvalue weighted by molar-refractivity contribution is 5.87. The van der Waals surface area contributed by atoms with Crippen molar-refractivity contribution < 1.29 is 34.1 Å². The Morgan fingerprint density at radius 3 is 1.52 bits per heavy atom. The maximum Gasteiger partial charge on any atom is 0.328 e. The number of rotatable bonds is 33. The van der Waals surface area contributed by atoms with Crippen molar-refractivity contribution in [3.8, 4) is 0 Å². The van der Waals surface area contributed by atoms with Crippen molar-refractivity contribution in [2.75, 3.05) is 13.2 Å². The molecule has 2 atom stereocenters. The Morgan fingerprint density at radius 2 is 1.04 bits per heavy atom. The topological polar surface area (TPSA) is 142 Å². The number of carbonyl (C=O) groups excluding carboxylic acids is 3. The molecule has 0 aliphatic rings. The smallest absolute Gasteiger partial charge is 0.328 e. The van der Waals surface area contributed by atoms with E-state index in [2.05, 4.69) is 116 Å². The number of hydrogen-bond acceptors (Lipinski definition) is 6. The van der Waals surface area contributed by atoms with E-state index in [0.717, 1.165) is 77.0 Å². The summed E-state index contributed by atoms with van der Waals surface area (Å²) >= 11 is 0. The molecular formula is C45H68N2O7. The van der Waals surface area contributed by atoms with Gasteiger partial charge in [-0.05, 0) is 89.5 Å². The van der Waals surface area contributed by atoms with Gasteiger partial charge in [-0.2, -0.15) is 0 Å². The molecule has 2 unspecified atom stereocenters. The first-order chi connectivity index (χ1) is 26.3. The lowest BCUT2D eigenvalue weighted by molar-refractivity contribution is -0.147. The summed E-state index contributed by atoms with van der Waals surface area (Å²) < 4.78 is 5.82. The molecule has 54 heavy (non-hydrogen) atoms. The molecule has 4 N–H and O–H groups in total. The molecular weight excluding hydrogens is 681 g/mol. The monoisotopic (exact) mass is 749 g/mol. The van der Waals surface area contributed by atoms with Gasteiger partial charge in [0.15, 0.2) is 0 Å². The Kier molecular flexibility index (Phi) is 35.0. The van der Waals surface area contributed by atoms with Crippen LogP contribution in [0.4, 0.5) is 0 Å². The first-order valence-electron chi connectivity index (χ1n) is 19.8. The Hall–Kier alpha value is -4.50. The number of carboxylic acids is 1. The molecule has 300 valence electrons. The van der Waals surface area contributed by atoms with E-state index in [-0.39, 0.29) is 30.9 Å². The highest BCUT2D eigenvalue weighted by atomic mass is 16.5. The van der Waals surface area contributed by atoms with Gasteiger partial charge in [0.2, 0.25) is 11.8 Å². The van der Waals surface area contributed by atoms with Gasteiger partial charge in [-0.15, -0.1) is 0 Å². The lowest BCUT2D eigenvalue weighted by atomic mass is 10.1. The van der Waals surface area contributed by atoms with Crippen LogP contribution in [0.3, 0.4) is 0 Å². The quantitative estimate of drug-likeness (QED) is 0.0298. The Bertz CT molecular complexity index is 1270. The Balaban J connectivity index is 4.47. The fourth-order valence-electron chi connectivity index (χ4n) is 4.79. The summed E-state index contributed by atoms with van der Waals surface area (Å²) in [6.45, 7) is 3.16. The van der Waals surface area contributed by atoms with E-state index < -0.39 is 24.5 Å². The van der Waals surface area contributed by atoms with Gasteiger partial charge in [-0.1, -0.05) is 130 Å². The zero-order valence-electron chi connectivity index (χ0n) is 32.9. The number of nitrogens with one attached hydrogen (secondary N) is 2. The van der Waals surface area contributed by atoms with Gasteiger partial charge in [0, 0.05) is 12.8 Å². The predicted octanol–water partition coefficient (Wildman–Crippen LogP) is 9.25. The minimum Gasteiger partial charge on any atom is -0.480 e. The van der Waals surface area contributed by atoms with Crippen LogP contribution in [0.5, 0.6) is 0 Å². The molecule has 0 aliphatic heterocycles. The van der Waals surface area contributed by atoms with Crippen LogP contribution in [-0.4, -0.2) is 59.3 Å². The number of allylic oxidation sites excluding steroid dienone is 17. The molecule has 0 spiro atoms. The summed E-state index contributed by atoms with van der Waals surface area (Å²) in [5, 5.41) is 22.5. The maximum atomic E-state index is 12.6. The minimum atomic E-state index is -1.40. The van der Waals surface area contributed by atoms with Gasteiger partial charge in [-0.25, -0.2) is 4.79 Å². The second-order valence-electron chi connectivity index (χ2n) is 12.6. The van der Waals surface area contributed by atoms with Crippen molar-refractivity contribution in [2.45, 2.75) is 135 Å². The second-order valence-corrected chi connectivity index (χ2v) is 12.6. The largest absolute Gasteiger partial charge is 0.480 e. The van der Waals surface area contributed by atoms with E-state index in [4.69, 9.17) is 14.9 Å².